The molecule has 0 radical (unpaired) electrons. The summed E-state index contributed by atoms with van der Waals surface area (Å²) in [5, 5.41) is 13.7. The van der Waals surface area contributed by atoms with Crippen molar-refractivity contribution in [3.63, 3.8) is 0 Å². The van der Waals surface area contributed by atoms with Crippen LogP contribution in [0.1, 0.15) is 16.8 Å². The molecular weight excluding hydrogens is 608 g/mol. The van der Waals surface area contributed by atoms with E-state index in [9.17, 15) is 14.4 Å². The van der Waals surface area contributed by atoms with E-state index in [1.165, 1.54) is 9.80 Å². The number of para-hydroxylation sites is 1. The fraction of sp³-hybridized carbons (Fsp3) is 0.243. The molecule has 0 saturated carbocycles. The number of aromatic nitrogens is 2. The van der Waals surface area contributed by atoms with Crippen molar-refractivity contribution < 1.29 is 19.1 Å². The van der Waals surface area contributed by atoms with Crippen molar-refractivity contribution in [2.75, 3.05) is 45.6 Å². The van der Waals surface area contributed by atoms with Gasteiger partial charge in [0.05, 0.1) is 22.1 Å². The third-order valence-corrected chi connectivity index (χ3v) is 8.24. The summed E-state index contributed by atoms with van der Waals surface area (Å²) in [7, 11) is 3.39. The molecule has 6 aromatic rings. The number of ether oxygens (including phenoxy) is 2. The number of hydrogen-bond donors (Lipinski definition) is 2. The van der Waals surface area contributed by atoms with Crippen molar-refractivity contribution >= 4 is 45.1 Å². The van der Waals surface area contributed by atoms with Gasteiger partial charge in [-0.05, 0) is 35.4 Å². The van der Waals surface area contributed by atoms with E-state index < -0.39 is 12.2 Å². The molecule has 4 aromatic carbocycles. The number of carbonyl (C=O) groups excluding carboxylic acids is 2. The number of anilines is 1. The summed E-state index contributed by atoms with van der Waals surface area (Å²) in [4.78, 5) is 41.9. The van der Waals surface area contributed by atoms with E-state index in [2.05, 4.69) is 10.6 Å². The topological polar surface area (TPSA) is 118 Å². The molecule has 0 aliphatic heterocycles. The monoisotopic (exact) mass is 646 g/mol. The van der Waals surface area contributed by atoms with Crippen molar-refractivity contribution in [1.82, 2.24) is 24.7 Å². The number of rotatable bonds is 13. The quantitative estimate of drug-likeness (QED) is 0.125. The van der Waals surface area contributed by atoms with Gasteiger partial charge in [-0.1, -0.05) is 72.8 Å². The Hall–Kier alpha value is -5.68. The van der Waals surface area contributed by atoms with Gasteiger partial charge < -0.3 is 29.9 Å². The van der Waals surface area contributed by atoms with E-state index in [0.29, 0.717) is 49.2 Å². The molecule has 0 atom stereocenters. The Kier molecular flexibility index (Phi) is 9.96. The van der Waals surface area contributed by atoms with Crippen molar-refractivity contribution in [3.8, 4) is 0 Å². The molecule has 246 valence electrons. The van der Waals surface area contributed by atoms with E-state index in [1.54, 1.807) is 14.1 Å². The molecule has 0 saturated heterocycles. The first-order valence-electron chi connectivity index (χ1n) is 15.9. The fourth-order valence-electron chi connectivity index (χ4n) is 5.59. The van der Waals surface area contributed by atoms with Crippen LogP contribution < -0.4 is 16.1 Å². The van der Waals surface area contributed by atoms with Gasteiger partial charge >= 0.3 is 12.2 Å². The molecular formula is C37H38N6O5. The average molecular weight is 647 g/mol. The van der Waals surface area contributed by atoms with E-state index in [0.717, 1.165) is 33.2 Å². The minimum atomic E-state index is -0.423. The third kappa shape index (κ3) is 7.16. The Balaban J connectivity index is 1.12. The number of nitrogens with one attached hydrogen (secondary N) is 2. The highest BCUT2D eigenvalue weighted by molar-refractivity contribution is 6.08. The molecule has 0 aliphatic carbocycles. The molecule has 2 N–H and O–H groups in total. The van der Waals surface area contributed by atoms with E-state index in [-0.39, 0.29) is 18.6 Å². The summed E-state index contributed by atoms with van der Waals surface area (Å²) in [6, 6.07) is 30.4. The molecule has 0 bridgehead atoms. The predicted molar refractivity (Wildman–Crippen MR) is 186 cm³/mol. The summed E-state index contributed by atoms with van der Waals surface area (Å²) in [6.07, 6.45) is -0.815. The van der Waals surface area contributed by atoms with Gasteiger partial charge in [-0.2, -0.15) is 5.10 Å². The molecule has 0 spiro atoms. The van der Waals surface area contributed by atoms with Gasteiger partial charge in [-0.3, -0.25) is 4.79 Å². The number of carbonyl (C=O) groups is 2. The van der Waals surface area contributed by atoms with Gasteiger partial charge in [0.25, 0.3) is 0 Å². The number of amides is 2. The van der Waals surface area contributed by atoms with Crippen LogP contribution in [0.4, 0.5) is 15.3 Å². The average Bonchev–Trinajstić information content (AvgIpc) is 3.50. The van der Waals surface area contributed by atoms with Gasteiger partial charge in [0.15, 0.2) is 5.43 Å². The van der Waals surface area contributed by atoms with Crippen LogP contribution in [0.2, 0.25) is 0 Å². The van der Waals surface area contributed by atoms with Crippen LogP contribution in [0.25, 0.3) is 27.2 Å². The molecule has 11 heteroatoms. The summed E-state index contributed by atoms with van der Waals surface area (Å²) in [6.45, 7) is 2.61. The van der Waals surface area contributed by atoms with Crippen LogP contribution in [0, 0.1) is 0 Å². The summed E-state index contributed by atoms with van der Waals surface area (Å²) >= 11 is 0. The molecule has 48 heavy (non-hydrogen) atoms. The molecule has 2 amide bonds. The Bertz CT molecular complexity index is 2070. The maximum absolute atomic E-state index is 13.9. The zero-order chi connectivity index (χ0) is 33.5. The zero-order valence-electron chi connectivity index (χ0n) is 27.0. The maximum Gasteiger partial charge on any atom is 0.409 e. The highest BCUT2D eigenvalue weighted by Crippen LogP contribution is 2.31. The molecule has 0 fully saturated rings. The maximum atomic E-state index is 13.9. The summed E-state index contributed by atoms with van der Waals surface area (Å²) < 4.78 is 12.7. The summed E-state index contributed by atoms with van der Waals surface area (Å²) in [5.41, 5.74) is 4.68. The largest absolute Gasteiger partial charge is 0.445 e. The molecule has 11 nitrogen and oxygen atoms in total. The van der Waals surface area contributed by atoms with E-state index in [4.69, 9.17) is 14.6 Å². The first-order valence-corrected chi connectivity index (χ1v) is 15.9. The Morgan fingerprint density at radius 2 is 1.31 bits per heavy atom. The standard InChI is InChI=1S/C37H38N6O5/c1-41(36(45)47-24-26-11-5-3-6-12-26)21-19-38-23-31-28-17-18-30(33-34(28)43(40-31)32-16-10-9-15-29(32)35(33)44)39-20-22-42(2)37(46)48-25-27-13-7-4-8-14-27/h3-18,38-39H,19-25H2,1-2H3. The van der Waals surface area contributed by atoms with Gasteiger partial charge in [0.2, 0.25) is 0 Å². The van der Waals surface area contributed by atoms with Gasteiger partial charge in [-0.15, -0.1) is 0 Å². The Morgan fingerprint density at radius 1 is 0.729 bits per heavy atom. The number of benzene rings is 4. The van der Waals surface area contributed by atoms with E-state index >= 15 is 0 Å². The Labute approximate surface area is 278 Å². The predicted octanol–water partition coefficient (Wildman–Crippen LogP) is 5.48. The number of likely N-dealkylation sites (N-methyl/N-ethyl adjacent to an activating group) is 2. The van der Waals surface area contributed by atoms with Crippen molar-refractivity contribution in [1.29, 1.82) is 0 Å². The lowest BCUT2D eigenvalue weighted by molar-refractivity contribution is 0.104. The van der Waals surface area contributed by atoms with Crippen molar-refractivity contribution in [2.45, 2.75) is 19.8 Å². The second-order valence-electron chi connectivity index (χ2n) is 11.6. The highest BCUT2D eigenvalue weighted by atomic mass is 16.6. The first kappa shape index (κ1) is 32.3. The number of fused-ring (bicyclic) bond motifs is 2. The molecule has 6 rings (SSSR count). The van der Waals surface area contributed by atoms with Crippen LogP contribution in [0.3, 0.4) is 0 Å². The van der Waals surface area contributed by atoms with Crippen LogP contribution >= 0.6 is 0 Å². The molecule has 0 aliphatic rings. The zero-order valence-corrected chi connectivity index (χ0v) is 27.0. The number of pyridine rings is 1. The number of nitrogens with zero attached hydrogens (tertiary/aromatic N) is 4. The van der Waals surface area contributed by atoms with E-state index in [1.807, 2.05) is 102 Å². The van der Waals surface area contributed by atoms with Crippen LogP contribution in [-0.2, 0) is 29.2 Å². The van der Waals surface area contributed by atoms with Crippen molar-refractivity contribution in [2.24, 2.45) is 0 Å². The fourth-order valence-corrected chi connectivity index (χ4v) is 5.59. The van der Waals surface area contributed by atoms with Gasteiger partial charge in [-0.25, -0.2) is 14.1 Å². The lowest BCUT2D eigenvalue weighted by atomic mass is 10.1. The molecule has 2 aromatic heterocycles. The SMILES string of the molecule is CN(CCNCc1nn2c3ccccc3c(=O)c3c(NCCN(C)C(=O)OCc4ccccc4)ccc1c32)C(=O)OCc1ccccc1. The second-order valence-corrected chi connectivity index (χ2v) is 11.6. The Morgan fingerprint density at radius 3 is 1.96 bits per heavy atom. The first-order chi connectivity index (χ1) is 23.4. The van der Waals surface area contributed by atoms with Crippen molar-refractivity contribution in [3.05, 3.63) is 124 Å². The molecule has 0 unspecified atom stereocenters. The van der Waals surface area contributed by atoms with Crippen LogP contribution in [0.5, 0.6) is 0 Å². The third-order valence-electron chi connectivity index (χ3n) is 8.24. The second kappa shape index (κ2) is 14.8. The molecule has 2 heterocycles. The lowest BCUT2D eigenvalue weighted by Gasteiger charge is -2.18. The van der Waals surface area contributed by atoms with Gasteiger partial charge in [0.1, 0.15) is 13.2 Å². The minimum Gasteiger partial charge on any atom is -0.445 e. The lowest BCUT2D eigenvalue weighted by Crippen LogP contribution is -2.34. The highest BCUT2D eigenvalue weighted by Gasteiger charge is 2.20. The normalized spacial score (nSPS) is 11.2. The number of hydrogen-bond acceptors (Lipinski definition) is 8. The van der Waals surface area contributed by atoms with Gasteiger partial charge in [0, 0.05) is 63.3 Å². The van der Waals surface area contributed by atoms with Crippen LogP contribution in [-0.4, -0.2) is 71.9 Å². The minimum absolute atomic E-state index is 0.0862. The summed E-state index contributed by atoms with van der Waals surface area (Å²) in [5.74, 6) is 0. The van der Waals surface area contributed by atoms with Crippen LogP contribution in [0.15, 0.2) is 102 Å². The smallest absolute Gasteiger partial charge is 0.409 e.